The Labute approximate surface area is 204 Å². The molecule has 0 saturated carbocycles. The molecule has 0 aliphatic carbocycles. The summed E-state index contributed by atoms with van der Waals surface area (Å²) in [4.78, 5) is 24.7. The molecule has 9 nitrogen and oxygen atoms in total. The minimum atomic E-state index is -3.91. The van der Waals surface area contributed by atoms with E-state index < -0.39 is 15.9 Å². The lowest BCUT2D eigenvalue weighted by atomic mass is 10.1. The van der Waals surface area contributed by atoms with E-state index >= 15 is 0 Å². The SMILES string of the molecule is COc1ccc(NS(=O)(=O)c2ccc(C)c(C(=O)NCCCNC(=O)c3cccc(O)c3)c2)cc1. The highest BCUT2D eigenvalue weighted by Gasteiger charge is 2.18. The maximum atomic E-state index is 12.8. The Hall–Kier alpha value is -4.05. The lowest BCUT2D eigenvalue weighted by molar-refractivity contribution is 0.0951. The average molecular weight is 498 g/mol. The van der Waals surface area contributed by atoms with Crippen molar-refractivity contribution in [2.24, 2.45) is 0 Å². The number of ether oxygens (including phenoxy) is 1. The van der Waals surface area contributed by atoms with Crippen LogP contribution < -0.4 is 20.1 Å². The first-order valence-electron chi connectivity index (χ1n) is 10.8. The van der Waals surface area contributed by atoms with Gasteiger partial charge < -0.3 is 20.5 Å². The molecule has 0 radical (unpaired) electrons. The van der Waals surface area contributed by atoms with Gasteiger partial charge in [0.2, 0.25) is 0 Å². The predicted octanol–water partition coefficient (Wildman–Crippen LogP) is 3.06. The van der Waals surface area contributed by atoms with Crippen LogP contribution in [0.25, 0.3) is 0 Å². The van der Waals surface area contributed by atoms with Crippen molar-refractivity contribution >= 4 is 27.5 Å². The van der Waals surface area contributed by atoms with E-state index in [1.54, 1.807) is 49.4 Å². The van der Waals surface area contributed by atoms with Crippen LogP contribution in [0.1, 0.15) is 32.7 Å². The summed E-state index contributed by atoms with van der Waals surface area (Å²) in [5.74, 6) is -0.140. The summed E-state index contributed by atoms with van der Waals surface area (Å²) in [6, 6.07) is 16.8. The largest absolute Gasteiger partial charge is 0.508 e. The molecule has 10 heteroatoms. The van der Waals surface area contributed by atoms with Crippen molar-refractivity contribution in [1.82, 2.24) is 10.6 Å². The van der Waals surface area contributed by atoms with Crippen molar-refractivity contribution < 1.29 is 27.9 Å². The molecule has 3 aromatic carbocycles. The molecule has 0 heterocycles. The van der Waals surface area contributed by atoms with Crippen LogP contribution in [0.3, 0.4) is 0 Å². The molecule has 0 aliphatic heterocycles. The molecule has 0 aliphatic rings. The minimum absolute atomic E-state index is 0.00345. The second-order valence-electron chi connectivity index (χ2n) is 7.73. The van der Waals surface area contributed by atoms with Gasteiger partial charge in [0, 0.05) is 29.9 Å². The van der Waals surface area contributed by atoms with Crippen molar-refractivity contribution in [3.8, 4) is 11.5 Å². The molecule has 0 fully saturated rings. The van der Waals surface area contributed by atoms with Gasteiger partial charge in [0.15, 0.2) is 0 Å². The number of benzene rings is 3. The number of nitrogens with one attached hydrogen (secondary N) is 3. The minimum Gasteiger partial charge on any atom is -0.508 e. The number of hydrogen-bond donors (Lipinski definition) is 4. The van der Waals surface area contributed by atoms with Crippen LogP contribution in [0.5, 0.6) is 11.5 Å². The topological polar surface area (TPSA) is 134 Å². The molecule has 0 unspecified atom stereocenters. The molecule has 2 amide bonds. The Bertz CT molecular complexity index is 1310. The first kappa shape index (κ1) is 25.6. The number of anilines is 1. The monoisotopic (exact) mass is 497 g/mol. The molecule has 0 atom stereocenters. The number of amides is 2. The van der Waals surface area contributed by atoms with Gasteiger partial charge in [-0.1, -0.05) is 12.1 Å². The van der Waals surface area contributed by atoms with Crippen LogP contribution in [-0.2, 0) is 10.0 Å². The van der Waals surface area contributed by atoms with Crippen molar-refractivity contribution in [3.05, 3.63) is 83.4 Å². The van der Waals surface area contributed by atoms with Gasteiger partial charge in [-0.15, -0.1) is 0 Å². The first-order valence-corrected chi connectivity index (χ1v) is 12.3. The number of sulfonamides is 1. The van der Waals surface area contributed by atoms with E-state index in [0.29, 0.717) is 35.5 Å². The van der Waals surface area contributed by atoms with Crippen LogP contribution in [0, 0.1) is 6.92 Å². The summed E-state index contributed by atoms with van der Waals surface area (Å²) in [6.07, 6.45) is 0.465. The highest BCUT2D eigenvalue weighted by atomic mass is 32.2. The summed E-state index contributed by atoms with van der Waals surface area (Å²) in [7, 11) is -2.39. The number of phenolic OH excluding ortho intramolecular Hbond substituents is 1. The van der Waals surface area contributed by atoms with Gasteiger partial charge >= 0.3 is 0 Å². The Morgan fingerprint density at radius 2 is 1.60 bits per heavy atom. The lowest BCUT2D eigenvalue weighted by Gasteiger charge is -2.12. The third-order valence-corrected chi connectivity index (χ3v) is 6.52. The van der Waals surface area contributed by atoms with Crippen molar-refractivity contribution in [1.29, 1.82) is 0 Å². The zero-order chi connectivity index (χ0) is 25.4. The number of methoxy groups -OCH3 is 1. The van der Waals surface area contributed by atoms with Gasteiger partial charge in [-0.25, -0.2) is 8.42 Å². The second kappa shape index (κ2) is 11.4. The standard InChI is InChI=1S/C25H27N3O6S/c1-17-7-12-22(35(32,33)28-19-8-10-21(34-2)11-9-19)16-23(17)25(31)27-14-4-13-26-24(30)18-5-3-6-20(29)15-18/h3,5-12,15-16,28-29H,4,13-14H2,1-2H3,(H,26,30)(H,27,31). The van der Waals surface area contributed by atoms with E-state index in [0.717, 1.165) is 0 Å². The van der Waals surface area contributed by atoms with E-state index in [1.807, 2.05) is 0 Å². The van der Waals surface area contributed by atoms with Crippen LogP contribution in [0.15, 0.2) is 71.6 Å². The molecule has 4 N–H and O–H groups in total. The van der Waals surface area contributed by atoms with Crippen LogP contribution >= 0.6 is 0 Å². The smallest absolute Gasteiger partial charge is 0.261 e. The number of aromatic hydroxyl groups is 1. The van der Waals surface area contributed by atoms with Gasteiger partial charge in [0.25, 0.3) is 21.8 Å². The summed E-state index contributed by atoms with van der Waals surface area (Å²) in [5, 5.41) is 14.9. The fourth-order valence-corrected chi connectivity index (χ4v) is 4.31. The molecule has 0 spiro atoms. The predicted molar refractivity (Wildman–Crippen MR) is 132 cm³/mol. The summed E-state index contributed by atoms with van der Waals surface area (Å²) in [6.45, 7) is 2.31. The number of carbonyl (C=O) groups is 2. The normalized spacial score (nSPS) is 10.9. The molecule has 0 saturated heterocycles. The third-order valence-electron chi connectivity index (χ3n) is 5.14. The van der Waals surface area contributed by atoms with E-state index in [4.69, 9.17) is 4.74 Å². The summed E-state index contributed by atoms with van der Waals surface area (Å²) >= 11 is 0. The van der Waals surface area contributed by atoms with Crippen LogP contribution in [0.4, 0.5) is 5.69 Å². The Morgan fingerprint density at radius 3 is 2.26 bits per heavy atom. The van der Waals surface area contributed by atoms with Gasteiger partial charge in [0.1, 0.15) is 11.5 Å². The fourth-order valence-electron chi connectivity index (χ4n) is 3.22. The Morgan fingerprint density at radius 1 is 0.914 bits per heavy atom. The quantitative estimate of drug-likeness (QED) is 0.318. The van der Waals surface area contributed by atoms with E-state index in [-0.39, 0.29) is 28.7 Å². The highest BCUT2D eigenvalue weighted by molar-refractivity contribution is 7.92. The van der Waals surface area contributed by atoms with Gasteiger partial charge in [-0.05, 0) is 73.5 Å². The summed E-state index contributed by atoms with van der Waals surface area (Å²) in [5.41, 5.74) is 1.57. The van der Waals surface area contributed by atoms with E-state index in [1.165, 1.54) is 31.4 Å². The maximum absolute atomic E-state index is 12.8. The zero-order valence-corrected chi connectivity index (χ0v) is 20.2. The van der Waals surface area contributed by atoms with Crippen molar-refractivity contribution in [2.75, 3.05) is 24.9 Å². The van der Waals surface area contributed by atoms with Gasteiger partial charge in [-0.2, -0.15) is 0 Å². The van der Waals surface area contributed by atoms with E-state index in [9.17, 15) is 23.1 Å². The summed E-state index contributed by atoms with van der Waals surface area (Å²) < 4.78 is 33.2. The Kier molecular flexibility index (Phi) is 8.32. The Balaban J connectivity index is 1.56. The number of phenols is 1. The van der Waals surface area contributed by atoms with Crippen LogP contribution in [0.2, 0.25) is 0 Å². The molecule has 35 heavy (non-hydrogen) atoms. The fraction of sp³-hybridized carbons (Fsp3) is 0.200. The first-order chi connectivity index (χ1) is 16.7. The van der Waals surface area contributed by atoms with E-state index in [2.05, 4.69) is 15.4 Å². The lowest BCUT2D eigenvalue weighted by Crippen LogP contribution is -2.30. The van der Waals surface area contributed by atoms with Crippen molar-refractivity contribution in [3.63, 3.8) is 0 Å². The van der Waals surface area contributed by atoms with Gasteiger partial charge in [0.05, 0.1) is 12.0 Å². The number of aryl methyl sites for hydroxylation is 1. The second-order valence-corrected chi connectivity index (χ2v) is 9.41. The maximum Gasteiger partial charge on any atom is 0.261 e. The van der Waals surface area contributed by atoms with Crippen LogP contribution in [-0.4, -0.2) is 45.5 Å². The molecule has 3 rings (SSSR count). The molecule has 3 aromatic rings. The molecule has 0 bridgehead atoms. The highest BCUT2D eigenvalue weighted by Crippen LogP contribution is 2.21. The molecule has 0 aromatic heterocycles. The molecular formula is C25H27N3O6S. The third kappa shape index (κ3) is 6.97. The van der Waals surface area contributed by atoms with Gasteiger partial charge in [-0.3, -0.25) is 14.3 Å². The number of hydrogen-bond acceptors (Lipinski definition) is 6. The molecule has 184 valence electrons. The zero-order valence-electron chi connectivity index (χ0n) is 19.4. The van der Waals surface area contributed by atoms with Crippen molar-refractivity contribution in [2.45, 2.75) is 18.2 Å². The number of carbonyl (C=O) groups excluding carboxylic acids is 2. The molecular weight excluding hydrogens is 470 g/mol. The number of rotatable bonds is 10. The average Bonchev–Trinajstić information content (AvgIpc) is 2.84.